The quantitative estimate of drug-likeness (QED) is 0.609. The van der Waals surface area contributed by atoms with Gasteiger partial charge >= 0.3 is 0 Å². The van der Waals surface area contributed by atoms with Crippen LogP contribution < -0.4 is 19.1 Å². The van der Waals surface area contributed by atoms with E-state index in [9.17, 15) is 4.79 Å². The van der Waals surface area contributed by atoms with Crippen LogP contribution in [0.5, 0.6) is 17.2 Å². The van der Waals surface area contributed by atoms with Crippen molar-refractivity contribution < 1.29 is 19.0 Å². The van der Waals surface area contributed by atoms with Gasteiger partial charge < -0.3 is 24.0 Å². The van der Waals surface area contributed by atoms with Gasteiger partial charge in [-0.15, -0.1) is 0 Å². The molecule has 3 aromatic rings. The Hall–Kier alpha value is -3.68. The molecule has 8 heteroatoms. The third-order valence-electron chi connectivity index (χ3n) is 5.40. The largest absolute Gasteiger partial charge is 0.497 e. The summed E-state index contributed by atoms with van der Waals surface area (Å²) >= 11 is 0. The molecular weight excluding hydrogens is 396 g/mol. The molecule has 4 rings (SSSR count). The zero-order valence-electron chi connectivity index (χ0n) is 17.9. The van der Waals surface area contributed by atoms with E-state index in [0.29, 0.717) is 43.2 Å². The molecular formula is C23H26N4O4. The first-order valence-corrected chi connectivity index (χ1v) is 10.1. The maximum Gasteiger partial charge on any atom is 0.254 e. The number of hydrogen-bond acceptors (Lipinski definition) is 6. The molecule has 8 nitrogen and oxygen atoms in total. The molecule has 1 fully saturated rings. The van der Waals surface area contributed by atoms with Gasteiger partial charge in [0.2, 0.25) is 5.95 Å². The lowest BCUT2D eigenvalue weighted by Crippen LogP contribution is -2.49. The Bertz CT molecular complexity index is 1030. The number of imidazole rings is 1. The second kappa shape index (κ2) is 8.99. The Balaban J connectivity index is 1.48. The van der Waals surface area contributed by atoms with Crippen molar-refractivity contribution in [3.63, 3.8) is 0 Å². The van der Waals surface area contributed by atoms with Crippen LogP contribution >= 0.6 is 0 Å². The van der Waals surface area contributed by atoms with Gasteiger partial charge in [0, 0.05) is 56.3 Å². The average molecular weight is 422 g/mol. The first-order valence-electron chi connectivity index (χ1n) is 10.1. The van der Waals surface area contributed by atoms with Crippen LogP contribution in [0.15, 0.2) is 54.9 Å². The Labute approximate surface area is 181 Å². The summed E-state index contributed by atoms with van der Waals surface area (Å²) < 4.78 is 18.0. The standard InChI is InChI=1S/C23H26N4O4/c1-29-19-6-4-5-18(15-19)27-8-7-24-23(27)26-11-9-25(10-12-26)22(28)17-13-20(30-2)16-21(14-17)31-3/h4-8,13-16H,9-12H2,1-3H3. The molecule has 1 amide bonds. The lowest BCUT2D eigenvalue weighted by Gasteiger charge is -2.35. The van der Waals surface area contributed by atoms with Crippen molar-refractivity contribution in [3.05, 3.63) is 60.4 Å². The van der Waals surface area contributed by atoms with E-state index < -0.39 is 0 Å². The topological polar surface area (TPSA) is 69.1 Å². The molecule has 0 N–H and O–H groups in total. The van der Waals surface area contributed by atoms with Gasteiger partial charge in [0.1, 0.15) is 17.2 Å². The highest BCUT2D eigenvalue weighted by Gasteiger charge is 2.25. The number of aromatic nitrogens is 2. The molecule has 1 aliphatic rings. The first-order chi connectivity index (χ1) is 15.1. The molecule has 0 aliphatic carbocycles. The molecule has 2 aromatic carbocycles. The van der Waals surface area contributed by atoms with E-state index >= 15 is 0 Å². The lowest BCUT2D eigenvalue weighted by molar-refractivity contribution is 0.0745. The fourth-order valence-electron chi connectivity index (χ4n) is 3.71. The number of amides is 1. The fraction of sp³-hybridized carbons (Fsp3) is 0.304. The molecule has 2 heterocycles. The van der Waals surface area contributed by atoms with Crippen LogP contribution in [-0.4, -0.2) is 67.9 Å². The van der Waals surface area contributed by atoms with Crippen LogP contribution in [0.25, 0.3) is 5.69 Å². The van der Waals surface area contributed by atoms with Gasteiger partial charge in [0.05, 0.1) is 27.0 Å². The summed E-state index contributed by atoms with van der Waals surface area (Å²) in [4.78, 5) is 21.6. The molecule has 0 bridgehead atoms. The number of nitrogens with zero attached hydrogens (tertiary/aromatic N) is 4. The minimum absolute atomic E-state index is 0.0343. The summed E-state index contributed by atoms with van der Waals surface area (Å²) in [7, 11) is 4.81. The van der Waals surface area contributed by atoms with E-state index in [4.69, 9.17) is 14.2 Å². The normalized spacial score (nSPS) is 13.8. The van der Waals surface area contributed by atoms with Crippen LogP contribution in [-0.2, 0) is 0 Å². The second-order valence-electron chi connectivity index (χ2n) is 7.18. The smallest absolute Gasteiger partial charge is 0.254 e. The van der Waals surface area contributed by atoms with Gasteiger partial charge in [-0.3, -0.25) is 9.36 Å². The third kappa shape index (κ3) is 4.28. The van der Waals surface area contributed by atoms with Gasteiger partial charge in [-0.1, -0.05) is 6.07 Å². The zero-order chi connectivity index (χ0) is 21.8. The molecule has 0 saturated carbocycles. The summed E-state index contributed by atoms with van der Waals surface area (Å²) in [6.07, 6.45) is 3.72. The Morgan fingerprint density at radius 3 is 2.19 bits per heavy atom. The number of hydrogen-bond donors (Lipinski definition) is 0. The molecule has 162 valence electrons. The Morgan fingerprint density at radius 1 is 0.871 bits per heavy atom. The van der Waals surface area contributed by atoms with E-state index in [0.717, 1.165) is 17.4 Å². The maximum absolute atomic E-state index is 13.0. The highest BCUT2D eigenvalue weighted by molar-refractivity contribution is 5.95. The molecule has 1 saturated heterocycles. The molecule has 1 aromatic heterocycles. The predicted octanol–water partition coefficient (Wildman–Crippen LogP) is 2.86. The number of methoxy groups -OCH3 is 3. The van der Waals surface area contributed by atoms with Gasteiger partial charge in [-0.2, -0.15) is 0 Å². The number of piperazine rings is 1. The van der Waals surface area contributed by atoms with Gasteiger partial charge in [-0.05, 0) is 24.3 Å². The summed E-state index contributed by atoms with van der Waals surface area (Å²) in [6, 6.07) is 13.1. The summed E-state index contributed by atoms with van der Waals surface area (Å²) in [6.45, 7) is 2.58. The molecule has 31 heavy (non-hydrogen) atoms. The van der Waals surface area contributed by atoms with Gasteiger partial charge in [0.15, 0.2) is 0 Å². The number of rotatable bonds is 6. The van der Waals surface area contributed by atoms with Crippen molar-refractivity contribution in [1.29, 1.82) is 0 Å². The third-order valence-corrected chi connectivity index (χ3v) is 5.40. The van der Waals surface area contributed by atoms with E-state index in [-0.39, 0.29) is 5.91 Å². The van der Waals surface area contributed by atoms with Crippen LogP contribution in [0.3, 0.4) is 0 Å². The summed E-state index contributed by atoms with van der Waals surface area (Å²) in [5, 5.41) is 0. The first kappa shape index (κ1) is 20.6. The van der Waals surface area contributed by atoms with Crippen LogP contribution in [0.1, 0.15) is 10.4 Å². The molecule has 0 radical (unpaired) electrons. The monoisotopic (exact) mass is 422 g/mol. The van der Waals surface area contributed by atoms with Crippen molar-refractivity contribution in [2.24, 2.45) is 0 Å². The van der Waals surface area contributed by atoms with Crippen LogP contribution in [0, 0.1) is 0 Å². The number of carbonyl (C=O) groups excluding carboxylic acids is 1. The fourth-order valence-corrected chi connectivity index (χ4v) is 3.71. The van der Waals surface area contributed by atoms with E-state index in [1.165, 1.54) is 0 Å². The SMILES string of the molecule is COc1cc(OC)cc(C(=O)N2CCN(c3nccn3-c3cccc(OC)c3)CC2)c1. The van der Waals surface area contributed by atoms with Crippen molar-refractivity contribution >= 4 is 11.9 Å². The lowest BCUT2D eigenvalue weighted by atomic mass is 10.1. The van der Waals surface area contributed by atoms with Crippen molar-refractivity contribution in [2.45, 2.75) is 0 Å². The number of carbonyl (C=O) groups is 1. The minimum atomic E-state index is -0.0343. The van der Waals surface area contributed by atoms with Gasteiger partial charge in [0.25, 0.3) is 5.91 Å². The average Bonchev–Trinajstić information content (AvgIpc) is 3.33. The Kier molecular flexibility index (Phi) is 5.97. The van der Waals surface area contributed by atoms with Gasteiger partial charge in [-0.25, -0.2) is 4.98 Å². The minimum Gasteiger partial charge on any atom is -0.497 e. The molecule has 0 atom stereocenters. The maximum atomic E-state index is 13.0. The number of anilines is 1. The highest BCUT2D eigenvalue weighted by atomic mass is 16.5. The van der Waals surface area contributed by atoms with Crippen molar-refractivity contribution in [1.82, 2.24) is 14.5 Å². The summed E-state index contributed by atoms with van der Waals surface area (Å²) in [5.74, 6) is 2.81. The van der Waals surface area contributed by atoms with E-state index in [1.54, 1.807) is 45.7 Å². The number of benzene rings is 2. The molecule has 0 unspecified atom stereocenters. The predicted molar refractivity (Wildman–Crippen MR) is 118 cm³/mol. The molecule has 0 spiro atoms. The van der Waals surface area contributed by atoms with E-state index in [2.05, 4.69) is 9.88 Å². The van der Waals surface area contributed by atoms with Crippen LogP contribution in [0.4, 0.5) is 5.95 Å². The van der Waals surface area contributed by atoms with Crippen molar-refractivity contribution in [2.75, 3.05) is 52.4 Å². The summed E-state index contributed by atoms with van der Waals surface area (Å²) in [5.41, 5.74) is 1.54. The number of ether oxygens (including phenoxy) is 3. The van der Waals surface area contributed by atoms with E-state index in [1.807, 2.05) is 39.9 Å². The highest BCUT2D eigenvalue weighted by Crippen LogP contribution is 2.25. The molecule has 1 aliphatic heterocycles. The zero-order valence-corrected chi connectivity index (χ0v) is 17.9. The van der Waals surface area contributed by atoms with Crippen molar-refractivity contribution in [3.8, 4) is 22.9 Å². The Morgan fingerprint density at radius 2 is 1.55 bits per heavy atom. The van der Waals surface area contributed by atoms with Crippen LogP contribution in [0.2, 0.25) is 0 Å². The second-order valence-corrected chi connectivity index (χ2v) is 7.18.